The Hall–Kier alpha value is -1.15. The first kappa shape index (κ1) is 11.4. The van der Waals surface area contributed by atoms with Gasteiger partial charge in [-0.2, -0.15) is 0 Å². The second kappa shape index (κ2) is 3.43. The van der Waals surface area contributed by atoms with Crippen molar-refractivity contribution in [2.45, 2.75) is 19.0 Å². The largest absolute Gasteiger partial charge is 0.299 e. The topological polar surface area (TPSA) is 20.3 Å². The quantitative estimate of drug-likeness (QED) is 0.847. The van der Waals surface area contributed by atoms with Crippen molar-refractivity contribution in [3.05, 3.63) is 35.9 Å². The lowest BCUT2D eigenvalue weighted by molar-refractivity contribution is -0.137. The SMILES string of the molecule is CN(Cc1ccccc1)[C@H]1C2C3CC4C2C(=O)C2C4C3C21. The van der Waals surface area contributed by atoms with Gasteiger partial charge in [0.2, 0.25) is 0 Å². The summed E-state index contributed by atoms with van der Waals surface area (Å²) < 4.78 is 0. The molecule has 1 aromatic carbocycles. The van der Waals surface area contributed by atoms with E-state index in [2.05, 4.69) is 42.3 Å². The fourth-order valence-electron chi connectivity index (χ4n) is 7.68. The van der Waals surface area contributed by atoms with Crippen molar-refractivity contribution in [2.75, 3.05) is 7.05 Å². The molecule has 8 unspecified atom stereocenters. The molecule has 5 fully saturated rings. The highest BCUT2D eigenvalue weighted by molar-refractivity contribution is 5.91. The number of rotatable bonds is 3. The molecule has 2 nitrogen and oxygen atoms in total. The van der Waals surface area contributed by atoms with Crippen molar-refractivity contribution < 1.29 is 4.79 Å². The van der Waals surface area contributed by atoms with Crippen molar-refractivity contribution in [2.24, 2.45) is 47.3 Å². The molecule has 5 aliphatic carbocycles. The predicted octanol–water partition coefficient (Wildman–Crippen LogP) is 2.44. The molecule has 0 heterocycles. The van der Waals surface area contributed by atoms with Crippen molar-refractivity contribution in [1.29, 1.82) is 0 Å². The number of carbonyl (C=O) groups is 1. The van der Waals surface area contributed by atoms with Crippen LogP contribution in [0.25, 0.3) is 0 Å². The van der Waals surface area contributed by atoms with Gasteiger partial charge in [-0.15, -0.1) is 0 Å². The zero-order chi connectivity index (χ0) is 13.9. The molecule has 9 atom stereocenters. The minimum absolute atomic E-state index is 0.461. The maximum atomic E-state index is 12.6. The highest BCUT2D eigenvalue weighted by atomic mass is 16.1. The summed E-state index contributed by atoms with van der Waals surface area (Å²) in [5, 5.41) is 0. The standard InChI is InChI=1S/C19H21NO/c1-20(8-9-5-3-2-4-6-9)18-14-10-7-11-13-12(10)16(18)17(13)19(21)15(11)14/h2-6,10-18H,7-8H2,1H3/t10?,11?,12?,13?,14?,15?,16?,17?,18-/m0/s1. The third-order valence-corrected chi connectivity index (χ3v) is 7.85. The van der Waals surface area contributed by atoms with Crippen LogP contribution in [-0.2, 0) is 11.3 Å². The summed E-state index contributed by atoms with van der Waals surface area (Å²) >= 11 is 0. The van der Waals surface area contributed by atoms with E-state index in [0.29, 0.717) is 29.6 Å². The first-order valence-corrected chi connectivity index (χ1v) is 8.55. The van der Waals surface area contributed by atoms with E-state index in [0.717, 1.165) is 36.1 Å². The maximum absolute atomic E-state index is 12.6. The minimum Gasteiger partial charge on any atom is -0.299 e. The molecule has 0 aromatic heterocycles. The van der Waals surface area contributed by atoms with Crippen LogP contribution in [0.5, 0.6) is 0 Å². The van der Waals surface area contributed by atoms with Crippen LogP contribution >= 0.6 is 0 Å². The maximum Gasteiger partial charge on any atom is 0.140 e. The molecule has 1 aromatic rings. The number of hydrogen-bond donors (Lipinski definition) is 0. The van der Waals surface area contributed by atoms with Gasteiger partial charge in [-0.3, -0.25) is 9.69 Å². The molecule has 108 valence electrons. The Morgan fingerprint density at radius 2 is 1.81 bits per heavy atom. The fraction of sp³-hybridized carbons (Fsp3) is 0.632. The van der Waals surface area contributed by atoms with E-state index in [1.807, 2.05) is 0 Å². The molecule has 0 saturated heterocycles. The number of Topliss-reactive ketones (excluding diaryl/α,β-unsaturated/α-hetero) is 1. The van der Waals surface area contributed by atoms with Crippen molar-refractivity contribution in [1.82, 2.24) is 4.90 Å². The second-order valence-electron chi connectivity index (χ2n) is 8.22. The zero-order valence-electron chi connectivity index (χ0n) is 12.4. The van der Waals surface area contributed by atoms with Crippen LogP contribution in [0, 0.1) is 47.3 Å². The van der Waals surface area contributed by atoms with Gasteiger partial charge in [0, 0.05) is 24.4 Å². The molecule has 0 N–H and O–H groups in total. The molecule has 6 rings (SSSR count). The molecule has 2 bridgehead atoms. The Kier molecular flexibility index (Phi) is 1.87. The number of carbonyl (C=O) groups excluding carboxylic acids is 1. The van der Waals surface area contributed by atoms with E-state index in [9.17, 15) is 4.79 Å². The Morgan fingerprint density at radius 1 is 1.00 bits per heavy atom. The summed E-state index contributed by atoms with van der Waals surface area (Å²) in [6, 6.07) is 11.5. The normalized spacial score (nSPS) is 54.0. The molecule has 5 aliphatic rings. The van der Waals surface area contributed by atoms with Gasteiger partial charge in [0.15, 0.2) is 0 Å². The van der Waals surface area contributed by atoms with E-state index < -0.39 is 0 Å². The van der Waals surface area contributed by atoms with Crippen LogP contribution in [0.2, 0.25) is 0 Å². The number of nitrogens with zero attached hydrogens (tertiary/aromatic N) is 1. The average molecular weight is 279 g/mol. The Morgan fingerprint density at radius 3 is 2.62 bits per heavy atom. The first-order valence-electron chi connectivity index (χ1n) is 8.55. The average Bonchev–Trinajstić information content (AvgIpc) is 2.98. The molecule has 2 heteroatoms. The third kappa shape index (κ3) is 1.07. The van der Waals surface area contributed by atoms with Crippen molar-refractivity contribution in [3.63, 3.8) is 0 Å². The van der Waals surface area contributed by atoms with Gasteiger partial charge < -0.3 is 0 Å². The summed E-state index contributed by atoms with van der Waals surface area (Å²) in [5.41, 5.74) is 1.41. The lowest BCUT2D eigenvalue weighted by Gasteiger charge is -2.48. The lowest BCUT2D eigenvalue weighted by Crippen LogP contribution is -2.54. The van der Waals surface area contributed by atoms with Gasteiger partial charge in [0.1, 0.15) is 5.78 Å². The van der Waals surface area contributed by atoms with Gasteiger partial charge in [0.25, 0.3) is 0 Å². The lowest BCUT2D eigenvalue weighted by atomic mass is 9.58. The van der Waals surface area contributed by atoms with Crippen molar-refractivity contribution >= 4 is 5.78 Å². The van der Waals surface area contributed by atoms with E-state index in [1.165, 1.54) is 12.0 Å². The number of hydrogen-bond acceptors (Lipinski definition) is 2. The summed E-state index contributed by atoms with van der Waals surface area (Å²) in [5.74, 6) is 6.49. The summed E-state index contributed by atoms with van der Waals surface area (Å²) in [6.07, 6.45) is 1.39. The number of ketones is 1. The molecule has 0 amide bonds. The predicted molar refractivity (Wildman–Crippen MR) is 79.2 cm³/mol. The van der Waals surface area contributed by atoms with Gasteiger partial charge in [-0.1, -0.05) is 30.3 Å². The van der Waals surface area contributed by atoms with Gasteiger partial charge >= 0.3 is 0 Å². The van der Waals surface area contributed by atoms with E-state index in [1.54, 1.807) is 0 Å². The number of fused-ring (bicyclic) bond motifs is 2. The van der Waals surface area contributed by atoms with Crippen LogP contribution in [0.3, 0.4) is 0 Å². The third-order valence-electron chi connectivity index (χ3n) is 7.85. The zero-order valence-corrected chi connectivity index (χ0v) is 12.4. The molecule has 0 radical (unpaired) electrons. The second-order valence-corrected chi connectivity index (χ2v) is 8.22. The van der Waals surface area contributed by atoms with Crippen LogP contribution in [0.15, 0.2) is 30.3 Å². The Labute approximate surface area is 125 Å². The Bertz CT molecular complexity index is 640. The van der Waals surface area contributed by atoms with E-state index >= 15 is 0 Å². The van der Waals surface area contributed by atoms with E-state index in [-0.39, 0.29) is 0 Å². The molecule has 0 spiro atoms. The van der Waals surface area contributed by atoms with Crippen LogP contribution in [0.4, 0.5) is 0 Å². The minimum atomic E-state index is 0.461. The fourth-order valence-corrected chi connectivity index (χ4v) is 7.68. The van der Waals surface area contributed by atoms with Crippen LogP contribution in [0.1, 0.15) is 12.0 Å². The summed E-state index contributed by atoms with van der Waals surface area (Å²) in [4.78, 5) is 15.2. The number of benzene rings is 1. The Balaban J connectivity index is 1.35. The highest BCUT2D eigenvalue weighted by Crippen LogP contribution is 2.82. The van der Waals surface area contributed by atoms with Crippen molar-refractivity contribution in [3.8, 4) is 0 Å². The summed E-state index contributed by atoms with van der Waals surface area (Å²) in [7, 11) is 2.30. The van der Waals surface area contributed by atoms with Crippen LogP contribution in [-0.4, -0.2) is 23.8 Å². The van der Waals surface area contributed by atoms with Gasteiger partial charge in [-0.25, -0.2) is 0 Å². The van der Waals surface area contributed by atoms with Gasteiger partial charge in [0.05, 0.1) is 0 Å². The molecule has 5 saturated carbocycles. The van der Waals surface area contributed by atoms with E-state index in [4.69, 9.17) is 0 Å². The highest BCUT2D eigenvalue weighted by Gasteiger charge is 2.83. The molecule has 21 heavy (non-hydrogen) atoms. The van der Waals surface area contributed by atoms with Crippen LogP contribution < -0.4 is 0 Å². The smallest absolute Gasteiger partial charge is 0.140 e. The van der Waals surface area contributed by atoms with Gasteiger partial charge in [-0.05, 0) is 54.5 Å². The first-order chi connectivity index (χ1) is 10.3. The molecular weight excluding hydrogens is 258 g/mol. The molecule has 0 aliphatic heterocycles. The monoisotopic (exact) mass is 279 g/mol. The summed E-state index contributed by atoms with van der Waals surface area (Å²) in [6.45, 7) is 1.04. The molecular formula is C19H21NO.